The number of carbonyl (C=O) groups excluding carboxylic acids is 1. The maximum Gasteiger partial charge on any atom is 0.221 e. The van der Waals surface area contributed by atoms with Crippen molar-refractivity contribution in [1.29, 1.82) is 0 Å². The third kappa shape index (κ3) is 6.25. The van der Waals surface area contributed by atoms with Crippen LogP contribution in [0.3, 0.4) is 0 Å². The number of rotatable bonds is 8. The monoisotopic (exact) mass is 249 g/mol. The number of hydrogen-bond donors (Lipinski definition) is 3. The van der Waals surface area contributed by atoms with Gasteiger partial charge in [0.15, 0.2) is 0 Å². The summed E-state index contributed by atoms with van der Waals surface area (Å²) in [7, 11) is 0. The van der Waals surface area contributed by atoms with Crippen LogP contribution in [0.25, 0.3) is 0 Å². The second-order valence-corrected chi connectivity index (χ2v) is 4.39. The van der Waals surface area contributed by atoms with Crippen molar-refractivity contribution in [2.45, 2.75) is 32.6 Å². The van der Waals surface area contributed by atoms with Gasteiger partial charge in [-0.05, 0) is 37.6 Å². The predicted octanol–water partition coefficient (Wildman–Crippen LogP) is 2.58. The molecule has 1 rings (SSSR count). The largest absolute Gasteiger partial charge is 0.385 e. The van der Waals surface area contributed by atoms with Gasteiger partial charge in [0.2, 0.25) is 5.91 Å². The van der Waals surface area contributed by atoms with Crippen LogP contribution in [0.1, 0.15) is 32.6 Å². The highest BCUT2D eigenvalue weighted by Crippen LogP contribution is 2.15. The molecule has 1 aromatic carbocycles. The first-order valence-corrected chi connectivity index (χ1v) is 6.54. The van der Waals surface area contributed by atoms with Crippen LogP contribution in [0.15, 0.2) is 24.3 Å². The zero-order chi connectivity index (χ0) is 13.2. The van der Waals surface area contributed by atoms with E-state index in [4.69, 9.17) is 5.73 Å². The van der Waals surface area contributed by atoms with E-state index in [1.54, 1.807) is 0 Å². The highest BCUT2D eigenvalue weighted by molar-refractivity contribution is 5.89. The van der Waals surface area contributed by atoms with Crippen molar-refractivity contribution in [3.63, 3.8) is 0 Å². The summed E-state index contributed by atoms with van der Waals surface area (Å²) < 4.78 is 0. The van der Waals surface area contributed by atoms with Gasteiger partial charge in [0.25, 0.3) is 0 Å². The first kappa shape index (κ1) is 14.5. The molecule has 4 N–H and O–H groups in total. The fourth-order valence-electron chi connectivity index (χ4n) is 1.77. The molecule has 0 bridgehead atoms. The van der Waals surface area contributed by atoms with Gasteiger partial charge < -0.3 is 16.4 Å². The topological polar surface area (TPSA) is 67.2 Å². The predicted molar refractivity (Wildman–Crippen MR) is 76.8 cm³/mol. The second kappa shape index (κ2) is 8.53. The molecule has 4 nitrogen and oxygen atoms in total. The van der Waals surface area contributed by atoms with Crippen molar-refractivity contribution < 1.29 is 4.79 Å². The summed E-state index contributed by atoms with van der Waals surface area (Å²) in [4.78, 5) is 10.9. The Balaban J connectivity index is 2.27. The molecule has 0 atom stereocenters. The van der Waals surface area contributed by atoms with Gasteiger partial charge in [-0.3, -0.25) is 4.79 Å². The highest BCUT2D eigenvalue weighted by atomic mass is 16.1. The summed E-state index contributed by atoms with van der Waals surface area (Å²) in [5.74, 6) is -0.0473. The number of carbonyl (C=O) groups is 1. The van der Waals surface area contributed by atoms with Gasteiger partial charge in [0.1, 0.15) is 0 Å². The molecule has 0 aliphatic rings. The number of hydrogen-bond acceptors (Lipinski definition) is 3. The van der Waals surface area contributed by atoms with Crippen LogP contribution < -0.4 is 16.4 Å². The van der Waals surface area contributed by atoms with Gasteiger partial charge in [-0.25, -0.2) is 0 Å². The van der Waals surface area contributed by atoms with E-state index in [0.29, 0.717) is 0 Å². The summed E-state index contributed by atoms with van der Waals surface area (Å²) in [6, 6.07) is 7.77. The lowest BCUT2D eigenvalue weighted by atomic mass is 10.2. The zero-order valence-electron chi connectivity index (χ0n) is 11.0. The number of nitrogens with two attached hydrogens (primary N) is 1. The lowest BCUT2D eigenvalue weighted by Crippen LogP contribution is -2.07. The minimum absolute atomic E-state index is 0.0473. The van der Waals surface area contributed by atoms with E-state index in [-0.39, 0.29) is 5.91 Å². The molecule has 1 aromatic rings. The molecule has 0 heterocycles. The third-order valence-corrected chi connectivity index (χ3v) is 2.64. The SMILES string of the molecule is CC(=O)Nc1cccc(NCCCCCCN)c1. The molecule has 0 radical (unpaired) electrons. The molecule has 0 aliphatic carbocycles. The minimum atomic E-state index is -0.0473. The first-order valence-electron chi connectivity index (χ1n) is 6.54. The van der Waals surface area contributed by atoms with E-state index in [9.17, 15) is 4.79 Å². The summed E-state index contributed by atoms with van der Waals surface area (Å²) in [5, 5.41) is 6.12. The van der Waals surface area contributed by atoms with Gasteiger partial charge in [-0.2, -0.15) is 0 Å². The number of amides is 1. The molecule has 4 heteroatoms. The molecule has 100 valence electrons. The van der Waals surface area contributed by atoms with Crippen molar-refractivity contribution in [3.05, 3.63) is 24.3 Å². The molecule has 0 saturated carbocycles. The molecule has 1 amide bonds. The number of unbranched alkanes of at least 4 members (excludes halogenated alkanes) is 3. The molecule has 0 spiro atoms. The Labute approximate surface area is 109 Å². The van der Waals surface area contributed by atoms with Crippen molar-refractivity contribution in [2.75, 3.05) is 23.7 Å². The van der Waals surface area contributed by atoms with E-state index in [2.05, 4.69) is 10.6 Å². The van der Waals surface area contributed by atoms with Gasteiger partial charge in [0.05, 0.1) is 0 Å². The second-order valence-electron chi connectivity index (χ2n) is 4.39. The van der Waals surface area contributed by atoms with Crippen molar-refractivity contribution in [1.82, 2.24) is 0 Å². The summed E-state index contributed by atoms with van der Waals surface area (Å²) in [6.45, 7) is 3.25. The fraction of sp³-hybridized carbons (Fsp3) is 0.500. The van der Waals surface area contributed by atoms with Crippen LogP contribution in [0, 0.1) is 0 Å². The molecule has 18 heavy (non-hydrogen) atoms. The van der Waals surface area contributed by atoms with Crippen molar-refractivity contribution >= 4 is 17.3 Å². The molecule has 0 fully saturated rings. The van der Waals surface area contributed by atoms with E-state index in [1.165, 1.54) is 19.8 Å². The van der Waals surface area contributed by atoms with Crippen LogP contribution in [0.4, 0.5) is 11.4 Å². The molecule has 0 unspecified atom stereocenters. The summed E-state index contributed by atoms with van der Waals surface area (Å²) in [6.07, 6.45) is 4.65. The summed E-state index contributed by atoms with van der Waals surface area (Å²) in [5.41, 5.74) is 7.31. The molecule has 0 aromatic heterocycles. The first-order chi connectivity index (χ1) is 8.72. The van der Waals surface area contributed by atoms with Crippen molar-refractivity contribution in [3.8, 4) is 0 Å². The van der Waals surface area contributed by atoms with Crippen LogP contribution in [0.5, 0.6) is 0 Å². The Bertz CT molecular complexity index is 366. The Kier molecular flexibility index (Phi) is 6.87. The number of nitrogens with one attached hydrogen (secondary N) is 2. The molecular formula is C14H23N3O. The maximum absolute atomic E-state index is 10.9. The number of anilines is 2. The zero-order valence-corrected chi connectivity index (χ0v) is 11.0. The van der Waals surface area contributed by atoms with Gasteiger partial charge in [-0.1, -0.05) is 18.9 Å². The molecular weight excluding hydrogens is 226 g/mol. The Morgan fingerprint density at radius 3 is 2.61 bits per heavy atom. The highest BCUT2D eigenvalue weighted by Gasteiger charge is 1.97. The van der Waals surface area contributed by atoms with E-state index in [0.717, 1.165) is 37.3 Å². The Morgan fingerprint density at radius 2 is 1.89 bits per heavy atom. The molecule has 0 saturated heterocycles. The van der Waals surface area contributed by atoms with Gasteiger partial charge in [0, 0.05) is 24.8 Å². The Morgan fingerprint density at radius 1 is 1.17 bits per heavy atom. The normalized spacial score (nSPS) is 10.1. The van der Waals surface area contributed by atoms with E-state index >= 15 is 0 Å². The average molecular weight is 249 g/mol. The minimum Gasteiger partial charge on any atom is -0.385 e. The van der Waals surface area contributed by atoms with E-state index < -0.39 is 0 Å². The van der Waals surface area contributed by atoms with E-state index in [1.807, 2.05) is 24.3 Å². The Hall–Kier alpha value is -1.55. The third-order valence-electron chi connectivity index (χ3n) is 2.64. The van der Waals surface area contributed by atoms with Crippen molar-refractivity contribution in [2.24, 2.45) is 5.73 Å². The lowest BCUT2D eigenvalue weighted by molar-refractivity contribution is -0.114. The van der Waals surface area contributed by atoms with Gasteiger partial charge in [-0.15, -0.1) is 0 Å². The maximum atomic E-state index is 10.9. The lowest BCUT2D eigenvalue weighted by Gasteiger charge is -2.08. The standard InChI is InChI=1S/C14H23N3O/c1-12(18)17-14-8-6-7-13(11-14)16-10-5-3-2-4-9-15/h6-8,11,16H,2-5,9-10,15H2,1H3,(H,17,18). The van der Waals surface area contributed by atoms with Crippen LogP contribution in [-0.2, 0) is 4.79 Å². The number of benzene rings is 1. The molecule has 0 aliphatic heterocycles. The average Bonchev–Trinajstić information content (AvgIpc) is 2.33. The summed E-state index contributed by atoms with van der Waals surface area (Å²) >= 11 is 0. The smallest absolute Gasteiger partial charge is 0.221 e. The van der Waals surface area contributed by atoms with Crippen LogP contribution >= 0.6 is 0 Å². The van der Waals surface area contributed by atoms with Crippen LogP contribution in [-0.4, -0.2) is 19.0 Å². The fourth-order valence-corrected chi connectivity index (χ4v) is 1.77. The van der Waals surface area contributed by atoms with Gasteiger partial charge >= 0.3 is 0 Å². The quantitative estimate of drug-likeness (QED) is 0.620. The van der Waals surface area contributed by atoms with Crippen LogP contribution in [0.2, 0.25) is 0 Å².